The smallest absolute Gasteiger partial charge is 0.333 e. The van der Waals surface area contributed by atoms with Gasteiger partial charge in [0.1, 0.15) is 33.7 Å². The number of aromatic amines is 1. The molecule has 3 aromatic carbocycles. The number of nitrogens with zero attached hydrogens (tertiary/aromatic N) is 12. The maximum absolute atomic E-state index is 12.9. The van der Waals surface area contributed by atoms with Crippen LogP contribution in [0.4, 0.5) is 5.82 Å². The van der Waals surface area contributed by atoms with E-state index in [2.05, 4.69) is 66.9 Å². The highest BCUT2D eigenvalue weighted by Gasteiger charge is 2.30. The van der Waals surface area contributed by atoms with Gasteiger partial charge in [-0.1, -0.05) is 84.8 Å². The molecule has 612 valence electrons. The van der Waals surface area contributed by atoms with Crippen LogP contribution in [0.5, 0.6) is 11.5 Å². The zero-order chi connectivity index (χ0) is 82.7. The third-order valence-electron chi connectivity index (χ3n) is 20.1. The number of carbonyl (C=O) groups is 5. The molecule has 32 heteroatoms. The third-order valence-corrected chi connectivity index (χ3v) is 22.3. The molecule has 118 heavy (non-hydrogen) atoms. The molecule has 2 amide bonds. The molecule has 1 aliphatic heterocycles. The number of H-pyrrole nitrogens is 1. The lowest BCUT2D eigenvalue weighted by Crippen LogP contribution is -2.41. The summed E-state index contributed by atoms with van der Waals surface area (Å²) in [7, 11) is 0. The first-order chi connectivity index (χ1) is 56.5. The number of aliphatic imine (C=N–C) groups is 1. The van der Waals surface area contributed by atoms with Gasteiger partial charge in [-0.3, -0.25) is 48.2 Å². The van der Waals surface area contributed by atoms with Crippen molar-refractivity contribution in [2.75, 3.05) is 0 Å². The molecular formula is C86H90ClN15O14S2. The molecular weight excluding hydrogens is 1570 g/mol. The van der Waals surface area contributed by atoms with Crippen LogP contribution in [-0.4, -0.2) is 115 Å². The van der Waals surface area contributed by atoms with Crippen LogP contribution in [0.25, 0.3) is 44.8 Å². The van der Waals surface area contributed by atoms with Crippen molar-refractivity contribution in [2.24, 2.45) is 4.99 Å². The lowest BCUT2D eigenvalue weighted by atomic mass is 9.87. The van der Waals surface area contributed by atoms with E-state index in [4.69, 9.17) is 27.1 Å². The molecule has 2 atom stereocenters. The number of halogens is 1. The van der Waals surface area contributed by atoms with Gasteiger partial charge in [0.05, 0.1) is 38.1 Å². The molecule has 0 saturated carbocycles. The summed E-state index contributed by atoms with van der Waals surface area (Å²) in [4.78, 5) is 129. The predicted octanol–water partition coefficient (Wildman–Crippen LogP) is 14.4. The van der Waals surface area contributed by atoms with Crippen LogP contribution in [0, 0.1) is 19.3 Å². The molecule has 0 saturated heterocycles. The number of pyridine rings is 2. The molecule has 0 fully saturated rings. The second kappa shape index (κ2) is 40.8. The first kappa shape index (κ1) is 86.2. The SMILES string of the molecule is C.C#CCCn1c2c(c(=O)n(CCCCc3noc(-c4ccccn4)n3)c1=O)CC(C)=N2.CC(CC(=O)NC1=C(C(=O)O)CCCC1)c1csc(-c2ccc(O)cc2Cl)n1.Cc1ccc(-c2noc(CCC(=O)n3[nH]c(=O)c4c3CCCC4)n2)nc1.O=C(CCc1ccc(-c2ccc(O)cc2)cc1)NC1=C(C(=O)O)CCC(c2nccs2)C1. The lowest BCUT2D eigenvalue weighted by Gasteiger charge is -2.24. The van der Waals surface area contributed by atoms with Crippen LogP contribution >= 0.6 is 34.3 Å². The number of terminal acetylenes is 1. The summed E-state index contributed by atoms with van der Waals surface area (Å²) in [6.07, 6.45) is 22.7. The van der Waals surface area contributed by atoms with Gasteiger partial charge < -0.3 is 40.1 Å². The molecule has 4 aliphatic rings. The Morgan fingerprint density at radius 1 is 0.720 bits per heavy atom. The first-order valence-corrected chi connectivity index (χ1v) is 40.6. The van der Waals surface area contributed by atoms with E-state index in [1.165, 1.54) is 31.2 Å². The summed E-state index contributed by atoms with van der Waals surface area (Å²) < 4.78 is 14.7. The van der Waals surface area contributed by atoms with Crippen LogP contribution in [0.3, 0.4) is 0 Å². The molecule has 0 radical (unpaired) electrons. The average molecular weight is 1660 g/mol. The van der Waals surface area contributed by atoms with Gasteiger partial charge in [0.15, 0.2) is 5.82 Å². The van der Waals surface area contributed by atoms with E-state index in [1.807, 2.05) is 92.2 Å². The molecule has 2 unspecified atom stereocenters. The monoisotopic (exact) mass is 1660 g/mol. The van der Waals surface area contributed by atoms with E-state index >= 15 is 0 Å². The number of allylic oxidation sites excluding steroid dienone is 2. The summed E-state index contributed by atoms with van der Waals surface area (Å²) in [5.41, 5.74) is 10.7. The van der Waals surface area contributed by atoms with Crippen LogP contribution in [0.2, 0.25) is 5.02 Å². The van der Waals surface area contributed by atoms with Crippen molar-refractivity contribution < 1.29 is 53.4 Å². The largest absolute Gasteiger partial charge is 0.508 e. The number of thiazole rings is 2. The standard InChI is InChI=1S/C25H24N2O4S.C22H22N6O3.C20H21ClN2O4S.C18H19N5O3.CH4/c28-20-9-6-18(7-10-20)17-4-1-16(2-5-17)3-12-23(29)27-22-15-19(24-26-13-14-32-24)8-11-21(22)25(30)31;1-3-4-12-27-19-16(14-15(2)24-19)21(29)28(22(27)30)13-8-6-10-18-25-20(31-26-18)17-9-5-7-11-23-17;1-11(8-18(25)22-16-5-3-2-4-14(16)20(26)27)17-10-28-19(23-17)13-7-6-12(24)9-15(13)21;1-11-6-7-13(19-10-11)17-20-15(26-22-17)8-9-16(24)23-14-5-3-2-4-12(14)18(25)21-23;/h1-2,4-7,9-10,13-14,19,28H,3,8,11-12,15H2,(H,27,29)(H,30,31);1,5,7,9,11H,4,6,8,10,12-14H2,2H3;6-7,9-11,24H,2-5,8H2,1H3,(H,22,25)(H,26,27);6-7,10H,2-5,8-9H2,1H3,(H,21,25);1H4. The second-order valence-electron chi connectivity index (χ2n) is 28.6. The number of aromatic nitrogens is 12. The van der Waals surface area contributed by atoms with Crippen molar-refractivity contribution in [3.05, 3.63) is 236 Å². The molecule has 11 aromatic rings. The number of nitrogens with one attached hydrogen (secondary N) is 3. The number of rotatable bonds is 25. The van der Waals surface area contributed by atoms with Gasteiger partial charge in [0.25, 0.3) is 17.0 Å². The minimum atomic E-state index is -0.970. The first-order valence-electron chi connectivity index (χ1n) is 38.5. The number of carboxylic acids is 2. The Balaban J connectivity index is 0.000000154. The van der Waals surface area contributed by atoms with Gasteiger partial charge in [-0.15, -0.1) is 35.0 Å². The fourth-order valence-electron chi connectivity index (χ4n) is 13.9. The van der Waals surface area contributed by atoms with Gasteiger partial charge in [-0.05, 0) is 175 Å². The minimum Gasteiger partial charge on any atom is -0.508 e. The summed E-state index contributed by atoms with van der Waals surface area (Å²) >= 11 is 9.16. The highest BCUT2D eigenvalue weighted by Crippen LogP contribution is 2.38. The molecule has 15 rings (SSSR count). The zero-order valence-electron chi connectivity index (χ0n) is 64.6. The number of phenols is 2. The van der Waals surface area contributed by atoms with E-state index in [0.29, 0.717) is 157 Å². The Hall–Kier alpha value is -12.7. The molecule has 0 bridgehead atoms. The van der Waals surface area contributed by atoms with Crippen LogP contribution in [-0.2, 0) is 70.8 Å². The van der Waals surface area contributed by atoms with Gasteiger partial charge >= 0.3 is 17.6 Å². The number of amides is 2. The highest BCUT2D eigenvalue weighted by atomic mass is 35.5. The number of aromatic hydroxyl groups is 2. The average Bonchev–Trinajstić information content (AvgIpc) is 1.57. The van der Waals surface area contributed by atoms with Gasteiger partial charge in [-0.25, -0.2) is 34.0 Å². The second-order valence-corrected chi connectivity index (χ2v) is 30.8. The number of hydrogen-bond donors (Lipinski definition) is 7. The summed E-state index contributed by atoms with van der Waals surface area (Å²) in [5, 5.41) is 59.9. The molecule has 29 nitrogen and oxygen atoms in total. The van der Waals surface area contributed by atoms with E-state index in [0.717, 1.165) is 105 Å². The topological polar surface area (TPSA) is 414 Å². The number of hydrogen-bond acceptors (Lipinski definition) is 23. The highest BCUT2D eigenvalue weighted by molar-refractivity contribution is 7.13. The van der Waals surface area contributed by atoms with Crippen molar-refractivity contribution in [1.82, 2.24) is 69.8 Å². The normalized spacial score (nSPS) is 14.3. The fraction of sp³-hybridized carbons (Fsp3) is 0.337. The Labute approximate surface area is 691 Å². The number of fused-ring (bicyclic) bond motifs is 2. The number of aliphatic carboxylic acids is 2. The quantitative estimate of drug-likeness (QED) is 0.0206. The Morgan fingerprint density at radius 3 is 2.18 bits per heavy atom. The van der Waals surface area contributed by atoms with Crippen LogP contribution in [0.15, 0.2) is 177 Å². The summed E-state index contributed by atoms with van der Waals surface area (Å²) in [6, 6.07) is 28.9. The molecule has 8 aromatic heterocycles. The number of unbranched alkanes of at least 4 members (excludes halogenated alkanes) is 1. The van der Waals surface area contributed by atoms with E-state index < -0.39 is 11.9 Å². The van der Waals surface area contributed by atoms with E-state index in [1.54, 1.807) is 60.3 Å². The molecule has 7 N–H and O–H groups in total. The maximum Gasteiger partial charge on any atom is 0.333 e. The Morgan fingerprint density at radius 2 is 1.46 bits per heavy atom. The molecule has 0 spiro atoms. The van der Waals surface area contributed by atoms with Crippen molar-refractivity contribution in [3.63, 3.8) is 0 Å². The Kier molecular flexibility index (Phi) is 29.8. The minimum absolute atomic E-state index is 0. The van der Waals surface area contributed by atoms with Crippen molar-refractivity contribution in [3.8, 4) is 68.6 Å². The molecule has 3 aliphatic carbocycles. The number of aryl methyl sites for hydroxylation is 4. The maximum atomic E-state index is 12.9. The zero-order valence-corrected chi connectivity index (χ0v) is 66.9. The number of carbonyl (C=O) groups excluding carboxylic acids is 3. The number of benzene rings is 3. The Bertz CT molecular complexity index is 5730. The van der Waals surface area contributed by atoms with Gasteiger partial charge in [-0.2, -0.15) is 9.97 Å². The van der Waals surface area contributed by atoms with Crippen LogP contribution < -0.4 is 27.4 Å². The van der Waals surface area contributed by atoms with Crippen molar-refractivity contribution in [1.29, 1.82) is 0 Å². The summed E-state index contributed by atoms with van der Waals surface area (Å²) in [6.45, 7) is 6.36. The number of carboxylic acid groups (broad SMARTS) is 2. The fourth-order valence-corrected chi connectivity index (χ4v) is 16.0. The predicted molar refractivity (Wildman–Crippen MR) is 447 cm³/mol. The molecule has 9 heterocycles. The third kappa shape index (κ3) is 22.3. The van der Waals surface area contributed by atoms with Crippen molar-refractivity contribution in [2.45, 2.75) is 188 Å². The van der Waals surface area contributed by atoms with E-state index in [-0.39, 0.29) is 84.6 Å². The lowest BCUT2D eigenvalue weighted by molar-refractivity contribution is -0.134. The van der Waals surface area contributed by atoms with Gasteiger partial charge in [0.2, 0.25) is 29.4 Å². The van der Waals surface area contributed by atoms with Gasteiger partial charge in [0, 0.05) is 127 Å². The van der Waals surface area contributed by atoms with Crippen molar-refractivity contribution >= 4 is 75.5 Å². The van der Waals surface area contributed by atoms with Crippen LogP contribution in [0.1, 0.15) is 185 Å². The summed E-state index contributed by atoms with van der Waals surface area (Å²) in [5.74, 6) is 2.56. The van der Waals surface area contributed by atoms with E-state index in [9.17, 15) is 58.8 Å². The number of phenolic OH excluding ortho intramolecular Hbond substituents is 2.